The highest BCUT2D eigenvalue weighted by molar-refractivity contribution is 7.13. The van der Waals surface area contributed by atoms with Gasteiger partial charge in [0.2, 0.25) is 5.95 Å². The van der Waals surface area contributed by atoms with Crippen molar-refractivity contribution in [1.29, 1.82) is 0 Å². The maximum atomic E-state index is 12.4. The highest BCUT2D eigenvalue weighted by atomic mass is 32.1. The Bertz CT molecular complexity index is 911. The van der Waals surface area contributed by atoms with Crippen molar-refractivity contribution in [3.05, 3.63) is 47.0 Å². The molecule has 0 unspecified atom stereocenters. The molecule has 0 saturated carbocycles. The average Bonchev–Trinajstić information content (AvgIpc) is 3.10. The molecule has 140 valence electrons. The quantitative estimate of drug-likeness (QED) is 0.641. The first-order valence-corrected chi connectivity index (χ1v) is 9.52. The number of thiazole rings is 1. The first-order valence-electron chi connectivity index (χ1n) is 8.64. The summed E-state index contributed by atoms with van der Waals surface area (Å²) >= 11 is 1.48. The molecule has 0 fully saturated rings. The van der Waals surface area contributed by atoms with E-state index >= 15 is 0 Å². The van der Waals surface area contributed by atoms with Gasteiger partial charge in [0.05, 0.1) is 5.69 Å². The van der Waals surface area contributed by atoms with Gasteiger partial charge in [-0.1, -0.05) is 13.8 Å². The van der Waals surface area contributed by atoms with E-state index in [2.05, 4.69) is 44.1 Å². The normalized spacial score (nSPS) is 10.9. The van der Waals surface area contributed by atoms with Crippen LogP contribution in [-0.2, 0) is 12.8 Å². The summed E-state index contributed by atoms with van der Waals surface area (Å²) < 4.78 is 0. The predicted molar refractivity (Wildman–Crippen MR) is 104 cm³/mol. The highest BCUT2D eigenvalue weighted by Gasteiger charge is 2.12. The van der Waals surface area contributed by atoms with Crippen molar-refractivity contribution in [1.82, 2.24) is 30.2 Å². The zero-order valence-corrected chi connectivity index (χ0v) is 16.0. The van der Waals surface area contributed by atoms with Crippen molar-refractivity contribution in [3.8, 4) is 10.8 Å². The van der Waals surface area contributed by atoms with Crippen LogP contribution in [-0.4, -0.2) is 37.4 Å². The number of aromatic nitrogens is 5. The van der Waals surface area contributed by atoms with Crippen molar-refractivity contribution in [2.45, 2.75) is 26.7 Å². The van der Waals surface area contributed by atoms with E-state index in [1.807, 2.05) is 5.38 Å². The minimum Gasteiger partial charge on any atom is -0.368 e. The van der Waals surface area contributed by atoms with Gasteiger partial charge in [-0.3, -0.25) is 4.79 Å². The smallest absolute Gasteiger partial charge is 0.270 e. The van der Waals surface area contributed by atoms with Gasteiger partial charge in [-0.15, -0.1) is 11.3 Å². The van der Waals surface area contributed by atoms with Gasteiger partial charge >= 0.3 is 0 Å². The molecule has 0 spiro atoms. The molecule has 0 aliphatic carbocycles. The van der Waals surface area contributed by atoms with Crippen LogP contribution in [0.3, 0.4) is 0 Å². The van der Waals surface area contributed by atoms with Gasteiger partial charge < -0.3 is 11.1 Å². The lowest BCUT2D eigenvalue weighted by Crippen LogP contribution is -2.27. The topological polar surface area (TPSA) is 120 Å². The molecule has 1 amide bonds. The van der Waals surface area contributed by atoms with E-state index in [1.54, 1.807) is 24.5 Å². The van der Waals surface area contributed by atoms with Gasteiger partial charge in [-0.05, 0) is 24.5 Å². The van der Waals surface area contributed by atoms with E-state index in [4.69, 9.17) is 5.73 Å². The maximum absolute atomic E-state index is 12.4. The number of hydrogen-bond donors (Lipinski definition) is 2. The number of carbonyl (C=O) groups is 1. The largest absolute Gasteiger partial charge is 0.368 e. The monoisotopic (exact) mass is 383 g/mol. The number of nitrogens with two attached hydrogens (primary N) is 1. The summed E-state index contributed by atoms with van der Waals surface area (Å²) in [5, 5.41) is 5.56. The lowest BCUT2D eigenvalue weighted by Gasteiger charge is -2.08. The predicted octanol–water partition coefficient (Wildman–Crippen LogP) is 2.14. The summed E-state index contributed by atoms with van der Waals surface area (Å²) in [6, 6.07) is 3.46. The van der Waals surface area contributed by atoms with Crippen molar-refractivity contribution < 1.29 is 4.79 Å². The van der Waals surface area contributed by atoms with E-state index in [-0.39, 0.29) is 17.5 Å². The van der Waals surface area contributed by atoms with Crippen molar-refractivity contribution >= 4 is 23.2 Å². The molecule has 27 heavy (non-hydrogen) atoms. The van der Waals surface area contributed by atoms with Gasteiger partial charge in [0.1, 0.15) is 5.69 Å². The molecule has 3 rings (SSSR count). The third-order valence-electron chi connectivity index (χ3n) is 3.62. The zero-order chi connectivity index (χ0) is 19.2. The van der Waals surface area contributed by atoms with Crippen LogP contribution in [0.4, 0.5) is 5.95 Å². The molecule has 3 N–H and O–H groups in total. The van der Waals surface area contributed by atoms with Gasteiger partial charge in [-0.2, -0.15) is 0 Å². The van der Waals surface area contributed by atoms with Gasteiger partial charge in [-0.25, -0.2) is 24.9 Å². The van der Waals surface area contributed by atoms with Gasteiger partial charge in [0.15, 0.2) is 10.8 Å². The molecule has 3 aromatic heterocycles. The molecule has 0 aliphatic rings. The molecule has 0 saturated heterocycles. The summed E-state index contributed by atoms with van der Waals surface area (Å²) in [5.74, 6) is 0.871. The van der Waals surface area contributed by atoms with Gasteiger partial charge in [0.25, 0.3) is 5.91 Å². The number of nitrogen functional groups attached to an aromatic ring is 1. The molecule has 0 atom stereocenters. The number of anilines is 1. The minimum absolute atomic E-state index is 0.116. The summed E-state index contributed by atoms with van der Waals surface area (Å²) in [4.78, 5) is 33.5. The number of nitrogens with zero attached hydrogens (tertiary/aromatic N) is 5. The number of amides is 1. The Morgan fingerprint density at radius 2 is 1.96 bits per heavy atom. The molecule has 0 aromatic carbocycles. The second kappa shape index (κ2) is 8.63. The van der Waals surface area contributed by atoms with Crippen LogP contribution in [0.15, 0.2) is 29.9 Å². The number of hydrogen-bond acceptors (Lipinski definition) is 8. The molecule has 9 heteroatoms. The summed E-state index contributed by atoms with van der Waals surface area (Å²) in [6.45, 7) is 4.61. The van der Waals surface area contributed by atoms with Crippen LogP contribution in [0.1, 0.15) is 35.7 Å². The lowest BCUT2D eigenvalue weighted by atomic mass is 10.1. The second-order valence-corrected chi connectivity index (χ2v) is 7.28. The molecule has 3 heterocycles. The summed E-state index contributed by atoms with van der Waals surface area (Å²) in [6.07, 6.45) is 4.72. The Labute approximate surface area is 161 Å². The van der Waals surface area contributed by atoms with Crippen molar-refractivity contribution in [2.24, 2.45) is 5.92 Å². The van der Waals surface area contributed by atoms with E-state index < -0.39 is 0 Å². The van der Waals surface area contributed by atoms with Crippen LogP contribution in [0.2, 0.25) is 0 Å². The van der Waals surface area contributed by atoms with Crippen molar-refractivity contribution in [3.63, 3.8) is 0 Å². The molecule has 0 radical (unpaired) electrons. The number of nitrogens with one attached hydrogen (secondary N) is 1. The molecular formula is C18H21N7OS. The lowest BCUT2D eigenvalue weighted by molar-refractivity contribution is 0.0949. The Balaban J connectivity index is 1.57. The zero-order valence-electron chi connectivity index (χ0n) is 15.2. The van der Waals surface area contributed by atoms with Crippen LogP contribution in [0, 0.1) is 5.92 Å². The summed E-state index contributed by atoms with van der Waals surface area (Å²) in [7, 11) is 0. The third kappa shape index (κ3) is 5.27. The molecule has 0 bridgehead atoms. The fourth-order valence-corrected chi connectivity index (χ4v) is 3.28. The molecular weight excluding hydrogens is 362 g/mol. The van der Waals surface area contributed by atoms with Crippen LogP contribution < -0.4 is 11.1 Å². The first kappa shape index (κ1) is 18.8. The number of rotatable bonds is 7. The second-order valence-electron chi connectivity index (χ2n) is 6.42. The molecule has 8 nitrogen and oxygen atoms in total. The minimum atomic E-state index is -0.268. The van der Waals surface area contributed by atoms with E-state index in [9.17, 15) is 4.79 Å². The Morgan fingerprint density at radius 1 is 1.19 bits per heavy atom. The van der Waals surface area contributed by atoms with E-state index in [0.717, 1.165) is 22.8 Å². The van der Waals surface area contributed by atoms with Gasteiger partial charge in [0, 0.05) is 36.4 Å². The van der Waals surface area contributed by atoms with Crippen LogP contribution in [0.25, 0.3) is 10.8 Å². The Kier molecular flexibility index (Phi) is 6.02. The van der Waals surface area contributed by atoms with Crippen LogP contribution >= 0.6 is 11.3 Å². The van der Waals surface area contributed by atoms with E-state index in [1.165, 1.54) is 11.3 Å². The Morgan fingerprint density at radius 3 is 2.70 bits per heavy atom. The standard InChI is InChI=1S/C18H21N7OS/c1-11(2)8-13-9-14(25-18(19)24-13)16(26)22-7-4-12-10-27-17(23-12)15-20-5-3-6-21-15/h3,5-6,9-11H,4,7-8H2,1-2H3,(H,22,26)(H2,19,24,25). The Hall–Kier alpha value is -2.94. The first-order chi connectivity index (χ1) is 13.0. The number of carbonyl (C=O) groups excluding carboxylic acids is 1. The SMILES string of the molecule is CC(C)Cc1cc(C(=O)NCCc2csc(-c3ncccn3)n2)nc(N)n1. The third-order valence-corrected chi connectivity index (χ3v) is 4.51. The highest BCUT2D eigenvalue weighted by Crippen LogP contribution is 2.19. The van der Waals surface area contributed by atoms with Crippen LogP contribution in [0.5, 0.6) is 0 Å². The van der Waals surface area contributed by atoms with E-state index in [0.29, 0.717) is 24.7 Å². The average molecular weight is 383 g/mol. The maximum Gasteiger partial charge on any atom is 0.270 e. The molecule has 3 aromatic rings. The molecule has 0 aliphatic heterocycles. The fourth-order valence-electron chi connectivity index (χ4n) is 2.49. The fraction of sp³-hybridized carbons (Fsp3) is 0.333. The van der Waals surface area contributed by atoms with Crippen molar-refractivity contribution in [2.75, 3.05) is 12.3 Å². The summed E-state index contributed by atoms with van der Waals surface area (Å²) in [5.41, 5.74) is 7.67.